The number of nitrogens with zero attached hydrogens (tertiary/aromatic N) is 3. The van der Waals surface area contributed by atoms with Gasteiger partial charge in [-0.1, -0.05) is 36.0 Å². The summed E-state index contributed by atoms with van der Waals surface area (Å²) in [7, 11) is 0. The minimum Gasteiger partial charge on any atom is -0.494 e. The lowest BCUT2D eigenvalue weighted by molar-refractivity contribution is -0.387. The molecule has 2 amide bonds. The highest BCUT2D eigenvalue weighted by molar-refractivity contribution is 8.01. The zero-order valence-electron chi connectivity index (χ0n) is 19.7. The Morgan fingerprint density at radius 3 is 2.68 bits per heavy atom. The number of benzene rings is 3. The highest BCUT2D eigenvalue weighted by Crippen LogP contribution is 2.40. The van der Waals surface area contributed by atoms with Crippen molar-refractivity contribution >= 4 is 79.9 Å². The van der Waals surface area contributed by atoms with E-state index in [0.717, 1.165) is 16.0 Å². The van der Waals surface area contributed by atoms with Gasteiger partial charge in [-0.15, -0.1) is 11.3 Å². The van der Waals surface area contributed by atoms with Crippen LogP contribution in [0.15, 0.2) is 81.5 Å². The summed E-state index contributed by atoms with van der Waals surface area (Å²) in [4.78, 5) is 43.4. The Balaban J connectivity index is 1.45. The normalized spacial score (nSPS) is 14.7. The fraction of sp³-hybridized carbons (Fsp3) is 0.0769. The molecule has 0 saturated carbocycles. The van der Waals surface area contributed by atoms with E-state index >= 15 is 0 Å². The first kappa shape index (κ1) is 25.5. The van der Waals surface area contributed by atoms with Crippen molar-refractivity contribution in [2.24, 2.45) is 0 Å². The second-order valence-corrected chi connectivity index (χ2v) is 10.6. The smallest absolute Gasteiger partial charge is 0.283 e. The molecule has 0 aliphatic carbocycles. The average Bonchev–Trinajstić information content (AvgIpc) is 3.29. The fourth-order valence-electron chi connectivity index (χ4n) is 3.77. The summed E-state index contributed by atoms with van der Waals surface area (Å²) >= 11 is 7.78. The summed E-state index contributed by atoms with van der Waals surface area (Å²) in [6.07, 6.45) is 1.32. The van der Waals surface area contributed by atoms with Gasteiger partial charge in [0.1, 0.15) is 11.3 Å². The number of anilines is 1. The molecule has 1 aliphatic heterocycles. The molecule has 1 N–H and O–H groups in total. The van der Waals surface area contributed by atoms with Crippen LogP contribution in [0, 0.1) is 10.1 Å². The number of thiazole rings is 1. The average molecular weight is 563 g/mol. The first-order valence-electron chi connectivity index (χ1n) is 11.3. The Labute approximate surface area is 230 Å². The quantitative estimate of drug-likeness (QED) is 0.102. The van der Waals surface area contributed by atoms with Gasteiger partial charge < -0.3 is 4.74 Å². The minimum atomic E-state index is -0.672. The van der Waals surface area contributed by atoms with Crippen LogP contribution in [0.3, 0.4) is 0 Å². The highest BCUT2D eigenvalue weighted by Gasteiger charge is 2.34. The third kappa shape index (κ3) is 5.14. The molecule has 0 bridgehead atoms. The lowest BCUT2D eigenvalue weighted by Gasteiger charge is -2.28. The summed E-state index contributed by atoms with van der Waals surface area (Å²) in [6, 6.07) is 18.8. The SMILES string of the molecule is CCOc1ccc2nc(Sc3ccc(/C=C4\C(=O)NC(=S)N(c5ccccc5)C4=O)cc3[N+](=O)[O-])sc2c1. The van der Waals surface area contributed by atoms with Gasteiger partial charge in [0.05, 0.1) is 32.3 Å². The van der Waals surface area contributed by atoms with Crippen LogP contribution in [0.2, 0.25) is 0 Å². The van der Waals surface area contributed by atoms with Crippen molar-refractivity contribution in [1.29, 1.82) is 0 Å². The third-order valence-corrected chi connectivity index (χ3v) is 7.88. The number of carbonyl (C=O) groups excluding carboxylic acids is 2. The van der Waals surface area contributed by atoms with E-state index in [0.29, 0.717) is 27.1 Å². The topological polar surface area (TPSA) is 115 Å². The van der Waals surface area contributed by atoms with Gasteiger partial charge in [-0.3, -0.25) is 29.9 Å². The maximum Gasteiger partial charge on any atom is 0.283 e. The highest BCUT2D eigenvalue weighted by atomic mass is 32.2. The van der Waals surface area contributed by atoms with E-state index in [1.807, 2.05) is 25.1 Å². The number of hydrogen-bond donors (Lipinski definition) is 1. The van der Waals surface area contributed by atoms with Crippen LogP contribution >= 0.6 is 35.3 Å². The molecule has 4 aromatic rings. The fourth-order valence-corrected chi connectivity index (χ4v) is 6.18. The lowest BCUT2D eigenvalue weighted by atomic mass is 10.1. The first-order valence-corrected chi connectivity index (χ1v) is 13.3. The Morgan fingerprint density at radius 1 is 1.16 bits per heavy atom. The molecule has 0 radical (unpaired) electrons. The number of aromatic nitrogens is 1. The number of rotatable bonds is 7. The number of nitro groups is 1. The van der Waals surface area contributed by atoms with Crippen molar-refractivity contribution in [3.8, 4) is 5.75 Å². The van der Waals surface area contributed by atoms with Crippen molar-refractivity contribution in [3.05, 3.63) is 88.0 Å². The molecule has 12 heteroatoms. The summed E-state index contributed by atoms with van der Waals surface area (Å²) in [5.74, 6) is -0.558. The Morgan fingerprint density at radius 2 is 1.95 bits per heavy atom. The Kier molecular flexibility index (Phi) is 7.18. The van der Waals surface area contributed by atoms with Crippen LogP contribution in [0.5, 0.6) is 5.75 Å². The molecule has 3 aromatic carbocycles. The van der Waals surface area contributed by atoms with Crippen LogP contribution in [0.25, 0.3) is 16.3 Å². The maximum atomic E-state index is 13.2. The van der Waals surface area contributed by atoms with E-state index in [-0.39, 0.29) is 16.4 Å². The number of thiocarbonyl (C=S) groups is 1. The van der Waals surface area contributed by atoms with Crippen molar-refractivity contribution in [1.82, 2.24) is 10.3 Å². The first-order chi connectivity index (χ1) is 18.3. The van der Waals surface area contributed by atoms with Crippen LogP contribution in [-0.2, 0) is 9.59 Å². The monoisotopic (exact) mass is 562 g/mol. The van der Waals surface area contributed by atoms with E-state index in [4.69, 9.17) is 17.0 Å². The van der Waals surface area contributed by atoms with Crippen molar-refractivity contribution in [2.75, 3.05) is 11.5 Å². The molecule has 0 atom stereocenters. The van der Waals surface area contributed by atoms with Crippen LogP contribution < -0.4 is 15.0 Å². The zero-order valence-corrected chi connectivity index (χ0v) is 22.2. The molecule has 1 saturated heterocycles. The van der Waals surface area contributed by atoms with Crippen LogP contribution in [0.1, 0.15) is 12.5 Å². The number of fused-ring (bicyclic) bond motifs is 1. The molecule has 9 nitrogen and oxygen atoms in total. The van der Waals surface area contributed by atoms with Gasteiger partial charge in [-0.25, -0.2) is 4.98 Å². The molecule has 2 heterocycles. The van der Waals surface area contributed by atoms with Gasteiger partial charge in [-0.05, 0) is 67.2 Å². The molecule has 0 unspecified atom stereocenters. The predicted molar refractivity (Wildman–Crippen MR) is 151 cm³/mol. The van der Waals surface area contributed by atoms with Crippen LogP contribution in [0.4, 0.5) is 11.4 Å². The van der Waals surface area contributed by atoms with Gasteiger partial charge in [0.2, 0.25) is 0 Å². The minimum absolute atomic E-state index is 0.0368. The number of nitro benzene ring substituents is 1. The number of para-hydroxylation sites is 1. The second kappa shape index (κ2) is 10.7. The van der Waals surface area contributed by atoms with Gasteiger partial charge in [0.25, 0.3) is 17.5 Å². The van der Waals surface area contributed by atoms with E-state index in [1.54, 1.807) is 42.5 Å². The number of ether oxygens (including phenoxy) is 1. The van der Waals surface area contributed by atoms with Gasteiger partial charge in [-0.2, -0.15) is 0 Å². The van der Waals surface area contributed by atoms with E-state index in [2.05, 4.69) is 10.3 Å². The molecule has 190 valence electrons. The third-order valence-electron chi connectivity index (χ3n) is 5.46. The summed E-state index contributed by atoms with van der Waals surface area (Å²) in [6.45, 7) is 2.45. The van der Waals surface area contributed by atoms with Gasteiger partial charge in [0.15, 0.2) is 9.45 Å². The molecule has 1 fully saturated rings. The summed E-state index contributed by atoms with van der Waals surface area (Å²) in [5, 5.41) is 14.4. The zero-order chi connectivity index (χ0) is 26.8. The molecule has 1 aromatic heterocycles. The second-order valence-electron chi connectivity index (χ2n) is 7.92. The van der Waals surface area contributed by atoms with Crippen LogP contribution in [-0.4, -0.2) is 33.4 Å². The summed E-state index contributed by atoms with van der Waals surface area (Å²) < 4.78 is 7.08. The largest absolute Gasteiger partial charge is 0.494 e. The van der Waals surface area contributed by atoms with Crippen molar-refractivity contribution in [3.63, 3.8) is 0 Å². The molecule has 38 heavy (non-hydrogen) atoms. The summed E-state index contributed by atoms with van der Waals surface area (Å²) in [5.41, 5.74) is 1.24. The molecule has 0 spiro atoms. The van der Waals surface area contributed by atoms with Gasteiger partial charge >= 0.3 is 0 Å². The van der Waals surface area contributed by atoms with E-state index < -0.39 is 16.7 Å². The number of carbonyl (C=O) groups is 2. The van der Waals surface area contributed by atoms with Crippen molar-refractivity contribution in [2.45, 2.75) is 16.2 Å². The van der Waals surface area contributed by atoms with Gasteiger partial charge in [0, 0.05) is 6.07 Å². The molecular weight excluding hydrogens is 545 g/mol. The predicted octanol–water partition coefficient (Wildman–Crippen LogP) is 5.59. The van der Waals surface area contributed by atoms with Crippen molar-refractivity contribution < 1.29 is 19.2 Å². The number of hydrogen-bond acceptors (Lipinski definition) is 9. The Bertz CT molecular complexity index is 1630. The molecule has 1 aliphatic rings. The molecule has 5 rings (SSSR count). The van der Waals surface area contributed by atoms with E-state index in [9.17, 15) is 19.7 Å². The number of nitrogens with one attached hydrogen (secondary N) is 1. The lowest BCUT2D eigenvalue weighted by Crippen LogP contribution is -2.54. The Hall–Kier alpha value is -4.13. The number of amides is 2. The maximum absolute atomic E-state index is 13.2. The molecular formula is C26H18N4O5S3. The van der Waals surface area contributed by atoms with E-state index in [1.165, 1.54) is 40.1 Å². The standard InChI is InChI=1S/C26H18N4O5S3/c1-2-35-17-9-10-19-22(14-17)38-26(27-19)37-21-11-8-15(13-20(21)30(33)34)12-18-23(31)28-25(36)29(24(18)32)16-6-4-3-5-7-16/h3-14H,2H2,1H3,(H,28,31,36)/b18-12+.